The number of alkyl halides is 6. The van der Waals surface area contributed by atoms with E-state index in [0.29, 0.717) is 17.0 Å². The summed E-state index contributed by atoms with van der Waals surface area (Å²) in [7, 11) is 1.37. The van der Waals surface area contributed by atoms with Gasteiger partial charge in [-0.3, -0.25) is 19.7 Å². The van der Waals surface area contributed by atoms with Gasteiger partial charge in [0.25, 0.3) is 5.56 Å². The molecular formula is C31H23F7N2O3S. The van der Waals surface area contributed by atoms with Crippen molar-refractivity contribution in [3.05, 3.63) is 117 Å². The quantitative estimate of drug-likeness (QED) is 0.164. The summed E-state index contributed by atoms with van der Waals surface area (Å²) in [5, 5.41) is 0.275. The predicted octanol–water partition coefficient (Wildman–Crippen LogP) is 8.05. The molecule has 3 aromatic carbocycles. The number of thioether (sulfide) groups is 1. The highest BCUT2D eigenvalue weighted by atomic mass is 32.2. The van der Waals surface area contributed by atoms with Crippen molar-refractivity contribution < 1.29 is 40.3 Å². The molecule has 1 aromatic heterocycles. The van der Waals surface area contributed by atoms with E-state index in [4.69, 9.17) is 4.84 Å². The van der Waals surface area contributed by atoms with Crippen molar-refractivity contribution >= 4 is 23.2 Å². The molecule has 0 saturated carbocycles. The Hall–Kier alpha value is -4.23. The Balaban J connectivity index is 1.83. The third kappa shape index (κ3) is 6.20. The summed E-state index contributed by atoms with van der Waals surface area (Å²) in [5.74, 6) is -1.51. The summed E-state index contributed by atoms with van der Waals surface area (Å²) >= 11 is 1.17. The molecule has 0 atom stereocenters. The van der Waals surface area contributed by atoms with Crippen molar-refractivity contribution in [1.82, 2.24) is 10.0 Å². The summed E-state index contributed by atoms with van der Waals surface area (Å²) in [6, 6.07) is 16.2. The van der Waals surface area contributed by atoms with Crippen LogP contribution in [0.5, 0.6) is 5.75 Å². The number of hydrogen-bond donors (Lipinski definition) is 1. The van der Waals surface area contributed by atoms with E-state index in [2.05, 4.69) is 10.2 Å². The van der Waals surface area contributed by atoms with Gasteiger partial charge in [-0.15, -0.1) is 24.9 Å². The molecule has 0 fully saturated rings. The molecule has 0 radical (unpaired) electrons. The third-order valence-corrected chi connectivity index (χ3v) is 8.13. The van der Waals surface area contributed by atoms with Crippen molar-refractivity contribution in [3.63, 3.8) is 0 Å². The normalized spacial score (nSPS) is 14.4. The van der Waals surface area contributed by atoms with Crippen LogP contribution in [0.25, 0.3) is 22.5 Å². The molecule has 2 heterocycles. The number of aromatic nitrogens is 1. The van der Waals surface area contributed by atoms with Gasteiger partial charge in [0.15, 0.2) is 0 Å². The zero-order valence-electron chi connectivity index (χ0n) is 23.1. The van der Waals surface area contributed by atoms with Crippen LogP contribution in [0.2, 0.25) is 0 Å². The lowest BCUT2D eigenvalue weighted by molar-refractivity contribution is -0.274. The van der Waals surface area contributed by atoms with Crippen molar-refractivity contribution in [2.24, 2.45) is 0 Å². The molecule has 0 unspecified atom stereocenters. The van der Waals surface area contributed by atoms with Crippen LogP contribution in [0.1, 0.15) is 27.8 Å². The van der Waals surface area contributed by atoms with E-state index in [1.807, 2.05) is 0 Å². The van der Waals surface area contributed by atoms with Crippen molar-refractivity contribution in [3.8, 4) is 16.9 Å². The summed E-state index contributed by atoms with van der Waals surface area (Å²) in [6.45, 7) is 1.48. The molecule has 0 aliphatic carbocycles. The first kappa shape index (κ1) is 31.2. The number of nitrogens with zero attached hydrogens (tertiary/aromatic N) is 1. The molecular weight excluding hydrogens is 613 g/mol. The highest BCUT2D eigenvalue weighted by molar-refractivity contribution is 8.00. The van der Waals surface area contributed by atoms with E-state index in [1.165, 1.54) is 42.5 Å². The number of hydroxylamine groups is 1. The van der Waals surface area contributed by atoms with Crippen molar-refractivity contribution in [2.45, 2.75) is 30.9 Å². The molecule has 0 saturated heterocycles. The predicted molar refractivity (Wildman–Crippen MR) is 152 cm³/mol. The first-order valence-electron chi connectivity index (χ1n) is 13.0. The Labute approximate surface area is 250 Å². The van der Waals surface area contributed by atoms with Gasteiger partial charge in [-0.25, -0.2) is 4.39 Å². The van der Waals surface area contributed by atoms with Gasteiger partial charge in [0.2, 0.25) is 0 Å². The zero-order valence-corrected chi connectivity index (χ0v) is 23.9. The first-order valence-corrected chi connectivity index (χ1v) is 14.0. The van der Waals surface area contributed by atoms with Gasteiger partial charge in [-0.05, 0) is 47.9 Å². The number of hydrogen-bond acceptors (Lipinski definition) is 5. The summed E-state index contributed by atoms with van der Waals surface area (Å²) in [4.78, 5) is 19.4. The van der Waals surface area contributed by atoms with Crippen LogP contribution in [0.3, 0.4) is 0 Å². The number of benzene rings is 3. The van der Waals surface area contributed by atoms with Crippen LogP contribution in [0, 0.1) is 12.7 Å². The van der Waals surface area contributed by atoms with E-state index in [0.717, 1.165) is 30.3 Å². The molecule has 4 aromatic rings. The Morgan fingerprint density at radius 3 is 2.32 bits per heavy atom. The lowest BCUT2D eigenvalue weighted by Gasteiger charge is -2.21. The van der Waals surface area contributed by atoms with Gasteiger partial charge in [0.1, 0.15) is 11.6 Å². The van der Waals surface area contributed by atoms with Gasteiger partial charge >= 0.3 is 12.5 Å². The molecule has 1 N–H and O–H groups in total. The van der Waals surface area contributed by atoms with E-state index in [1.54, 1.807) is 30.3 Å². The standard InChI is InChI=1S/C31H23F7N2O3S/c1-17-21(15-22-23(30(33,34)35)12-7-13-24(22)32)29-40(25(16-44-29)27(39-42-2)18-8-4-3-5-9-18)28(41)26(17)19-10-6-11-20(14-19)43-31(36,37)38/h3-14,39H,15-16H2,1-2H3. The lowest BCUT2D eigenvalue weighted by atomic mass is 9.92. The average molecular weight is 637 g/mol. The molecule has 0 bridgehead atoms. The summed E-state index contributed by atoms with van der Waals surface area (Å²) < 4.78 is 101. The van der Waals surface area contributed by atoms with Gasteiger partial charge in [-0.1, -0.05) is 48.5 Å². The van der Waals surface area contributed by atoms with Crippen LogP contribution >= 0.6 is 11.8 Å². The second-order valence-electron chi connectivity index (χ2n) is 9.72. The van der Waals surface area contributed by atoms with Gasteiger partial charge in [0.05, 0.1) is 34.7 Å². The van der Waals surface area contributed by atoms with Crippen molar-refractivity contribution in [2.75, 3.05) is 12.9 Å². The topological polar surface area (TPSA) is 52.5 Å². The minimum atomic E-state index is -5.01. The SMILES string of the molecule is CONC(=C1CSc2c(Cc3c(F)cccc3C(F)(F)F)c(C)c(-c3cccc(OC(F)(F)F)c3)c(=O)n21)c1ccccc1. The molecule has 13 heteroatoms. The van der Waals surface area contributed by atoms with E-state index >= 15 is 4.39 Å². The monoisotopic (exact) mass is 636 g/mol. The van der Waals surface area contributed by atoms with Crippen LogP contribution in [-0.4, -0.2) is 23.8 Å². The number of nitrogens with one attached hydrogen (secondary N) is 1. The molecule has 5 nitrogen and oxygen atoms in total. The Kier molecular flexibility index (Phi) is 8.54. The molecule has 0 spiro atoms. The maximum atomic E-state index is 15.1. The fourth-order valence-corrected chi connectivity index (χ4v) is 6.43. The van der Waals surface area contributed by atoms with Crippen LogP contribution in [0.4, 0.5) is 30.7 Å². The second kappa shape index (κ2) is 12.0. The smallest absolute Gasteiger partial charge is 0.406 e. The van der Waals surface area contributed by atoms with Crippen molar-refractivity contribution in [1.29, 1.82) is 0 Å². The van der Waals surface area contributed by atoms with Gasteiger partial charge in [-0.2, -0.15) is 13.2 Å². The Morgan fingerprint density at radius 2 is 1.66 bits per heavy atom. The fraction of sp³-hybridized carbons (Fsp3) is 0.194. The van der Waals surface area contributed by atoms with Crippen LogP contribution < -0.4 is 15.8 Å². The fourth-order valence-electron chi connectivity index (χ4n) is 5.16. The first-order chi connectivity index (χ1) is 20.8. The van der Waals surface area contributed by atoms with Crippen LogP contribution in [0.15, 0.2) is 82.6 Å². The minimum absolute atomic E-state index is 0.0348. The second-order valence-corrected chi connectivity index (χ2v) is 10.7. The maximum Gasteiger partial charge on any atom is 0.573 e. The van der Waals surface area contributed by atoms with E-state index in [-0.39, 0.29) is 33.0 Å². The van der Waals surface area contributed by atoms with E-state index < -0.39 is 47.2 Å². The lowest BCUT2D eigenvalue weighted by Crippen LogP contribution is -2.26. The van der Waals surface area contributed by atoms with Gasteiger partial charge < -0.3 is 4.74 Å². The summed E-state index contributed by atoms with van der Waals surface area (Å²) in [5.41, 5.74) is 2.10. The number of ether oxygens (including phenoxy) is 1. The molecule has 1 aliphatic rings. The highest BCUT2D eigenvalue weighted by Gasteiger charge is 2.36. The van der Waals surface area contributed by atoms with E-state index in [9.17, 15) is 31.1 Å². The highest BCUT2D eigenvalue weighted by Crippen LogP contribution is 2.43. The molecule has 5 rings (SSSR count). The number of pyridine rings is 1. The van der Waals surface area contributed by atoms with Gasteiger partial charge in [0, 0.05) is 23.3 Å². The molecule has 0 amide bonds. The Bertz CT molecular complexity index is 1800. The number of rotatable bonds is 7. The molecule has 44 heavy (non-hydrogen) atoms. The number of fused-ring (bicyclic) bond motifs is 1. The van der Waals surface area contributed by atoms with Crippen LogP contribution in [-0.2, 0) is 17.4 Å². The summed E-state index contributed by atoms with van der Waals surface area (Å²) in [6.07, 6.45) is -10.4. The zero-order chi connectivity index (χ0) is 31.8. The Morgan fingerprint density at radius 1 is 0.955 bits per heavy atom. The largest absolute Gasteiger partial charge is 0.573 e. The minimum Gasteiger partial charge on any atom is -0.406 e. The third-order valence-electron chi connectivity index (χ3n) is 7.01. The number of halogens is 7. The maximum absolute atomic E-state index is 15.1. The molecule has 1 aliphatic heterocycles. The average Bonchev–Trinajstić information content (AvgIpc) is 3.39. The molecule has 230 valence electrons.